The molecule has 1 unspecified atom stereocenters. The molecule has 1 aromatic rings. The molecule has 2 N–H and O–H groups in total. The maximum absolute atomic E-state index is 13.6. The van der Waals surface area contributed by atoms with E-state index in [1.807, 2.05) is 6.92 Å². The molecular weight excluding hydrogens is 293 g/mol. The fourth-order valence-corrected chi connectivity index (χ4v) is 1.61. The highest BCUT2D eigenvalue weighted by atomic mass is 19.1. The molecule has 0 spiro atoms. The zero-order chi connectivity index (χ0) is 16.5. The molecule has 0 fully saturated rings. The summed E-state index contributed by atoms with van der Waals surface area (Å²) in [5.41, 5.74) is 0.410. The summed E-state index contributed by atoms with van der Waals surface area (Å²) in [6.07, 6.45) is 0.0846. The minimum atomic E-state index is -0.906. The number of carbonyl (C=O) groups is 2. The van der Waals surface area contributed by atoms with Gasteiger partial charge in [0.2, 0.25) is 0 Å². The van der Waals surface area contributed by atoms with Crippen molar-refractivity contribution in [3.8, 4) is 5.75 Å². The summed E-state index contributed by atoms with van der Waals surface area (Å²) in [6, 6.07) is 3.97. The molecule has 0 aromatic heterocycles. The normalized spacial score (nSPS) is 11.6. The quantitative estimate of drug-likeness (QED) is 0.563. The van der Waals surface area contributed by atoms with E-state index in [2.05, 4.69) is 10.1 Å². The molecule has 0 heterocycles. The van der Waals surface area contributed by atoms with Crippen LogP contribution >= 0.6 is 0 Å². The molecule has 6 nitrogen and oxygen atoms in total. The molecule has 0 saturated heterocycles. The van der Waals surface area contributed by atoms with Gasteiger partial charge in [-0.3, -0.25) is 9.59 Å². The minimum absolute atomic E-state index is 0.0890. The summed E-state index contributed by atoms with van der Waals surface area (Å²) in [4.78, 5) is 21.9. The van der Waals surface area contributed by atoms with Crippen LogP contribution in [0.4, 0.5) is 10.1 Å². The highest BCUT2D eigenvalue weighted by Crippen LogP contribution is 2.21. The van der Waals surface area contributed by atoms with Crippen LogP contribution in [0.2, 0.25) is 0 Å². The third kappa shape index (κ3) is 6.53. The molecular formula is C15H20FNO5. The van der Waals surface area contributed by atoms with Gasteiger partial charge in [0, 0.05) is 31.6 Å². The number of hydrogen-bond acceptors (Lipinski definition) is 6. The first-order chi connectivity index (χ1) is 10.4. The summed E-state index contributed by atoms with van der Waals surface area (Å²) in [5, 5.41) is 12.5. The van der Waals surface area contributed by atoms with Crippen LogP contribution in [0.5, 0.6) is 5.75 Å². The first-order valence-electron chi connectivity index (χ1n) is 6.98. The van der Waals surface area contributed by atoms with Crippen LogP contribution in [0, 0.1) is 5.82 Å². The fourth-order valence-electron chi connectivity index (χ4n) is 1.61. The van der Waals surface area contributed by atoms with Crippen LogP contribution in [0.1, 0.15) is 26.7 Å². The van der Waals surface area contributed by atoms with Gasteiger partial charge in [0.05, 0.1) is 0 Å². The number of halogens is 1. The summed E-state index contributed by atoms with van der Waals surface area (Å²) >= 11 is 0. The molecule has 0 amide bonds. The Kier molecular flexibility index (Phi) is 7.31. The van der Waals surface area contributed by atoms with E-state index in [4.69, 9.17) is 4.74 Å². The maximum Gasteiger partial charge on any atom is 0.308 e. The van der Waals surface area contributed by atoms with Crippen molar-refractivity contribution in [2.45, 2.75) is 32.8 Å². The van der Waals surface area contributed by atoms with Gasteiger partial charge >= 0.3 is 11.9 Å². The van der Waals surface area contributed by atoms with Gasteiger partial charge in [0.15, 0.2) is 11.6 Å². The molecule has 1 atom stereocenters. The monoisotopic (exact) mass is 313 g/mol. The highest BCUT2D eigenvalue weighted by Gasteiger charge is 2.10. The molecule has 122 valence electrons. The smallest absolute Gasteiger partial charge is 0.308 e. The number of ether oxygens (including phenoxy) is 2. The molecule has 0 saturated carbocycles. The van der Waals surface area contributed by atoms with Gasteiger partial charge in [-0.15, -0.1) is 0 Å². The van der Waals surface area contributed by atoms with Gasteiger partial charge in [0.25, 0.3) is 0 Å². The van der Waals surface area contributed by atoms with Crippen molar-refractivity contribution in [2.75, 3.05) is 18.5 Å². The molecule has 0 aliphatic carbocycles. The van der Waals surface area contributed by atoms with E-state index in [0.717, 1.165) is 6.07 Å². The van der Waals surface area contributed by atoms with Gasteiger partial charge in [-0.25, -0.2) is 4.39 Å². The molecule has 1 aromatic carbocycles. The Labute approximate surface area is 128 Å². The van der Waals surface area contributed by atoms with E-state index in [1.165, 1.54) is 19.1 Å². The number of nitrogens with one attached hydrogen (secondary N) is 1. The molecule has 1 rings (SSSR count). The number of benzene rings is 1. The Bertz CT molecular complexity index is 521. The van der Waals surface area contributed by atoms with Crippen molar-refractivity contribution in [3.05, 3.63) is 24.0 Å². The largest absolute Gasteiger partial charge is 0.463 e. The number of anilines is 1. The Morgan fingerprint density at radius 1 is 1.41 bits per heavy atom. The number of carbonyl (C=O) groups excluding carboxylic acids is 2. The van der Waals surface area contributed by atoms with E-state index in [-0.39, 0.29) is 24.9 Å². The van der Waals surface area contributed by atoms with E-state index < -0.39 is 17.9 Å². The number of aliphatic hydroxyl groups is 1. The Hall–Kier alpha value is -2.15. The lowest BCUT2D eigenvalue weighted by Crippen LogP contribution is -2.26. The third-order valence-corrected chi connectivity index (χ3v) is 2.62. The van der Waals surface area contributed by atoms with E-state index in [9.17, 15) is 19.1 Å². The fraction of sp³-hybridized carbons (Fsp3) is 0.467. The molecule has 7 heteroatoms. The second-order valence-corrected chi connectivity index (χ2v) is 4.71. The zero-order valence-electron chi connectivity index (χ0n) is 12.6. The van der Waals surface area contributed by atoms with Crippen molar-refractivity contribution in [1.82, 2.24) is 0 Å². The highest BCUT2D eigenvalue weighted by molar-refractivity contribution is 5.70. The molecule has 0 aliphatic heterocycles. The van der Waals surface area contributed by atoms with Crippen molar-refractivity contribution < 1.29 is 28.6 Å². The van der Waals surface area contributed by atoms with E-state index >= 15 is 0 Å². The second kappa shape index (κ2) is 8.99. The van der Waals surface area contributed by atoms with Crippen LogP contribution < -0.4 is 10.1 Å². The Balaban J connectivity index is 2.42. The first kappa shape index (κ1) is 17.9. The number of aliphatic hydroxyl groups excluding tert-OH is 1. The molecule has 22 heavy (non-hydrogen) atoms. The van der Waals surface area contributed by atoms with Crippen molar-refractivity contribution in [1.29, 1.82) is 0 Å². The lowest BCUT2D eigenvalue weighted by molar-refractivity contribution is -0.146. The predicted octanol–water partition coefficient (Wildman–Crippen LogP) is 1.87. The maximum atomic E-state index is 13.6. The zero-order valence-corrected chi connectivity index (χ0v) is 12.6. The van der Waals surface area contributed by atoms with E-state index in [0.29, 0.717) is 18.5 Å². The standard InChI is InChI=1S/C15H20FNO5/c1-3-4-15(20)21-9-12(19)8-17-11-5-6-14(13(16)7-11)22-10(2)18/h5-7,12,17,19H,3-4,8-9H2,1-2H3. The SMILES string of the molecule is CCCC(=O)OCC(O)CNc1ccc(OC(C)=O)c(F)c1. The average Bonchev–Trinajstić information content (AvgIpc) is 2.45. The van der Waals surface area contributed by atoms with Crippen molar-refractivity contribution in [2.24, 2.45) is 0 Å². The predicted molar refractivity (Wildman–Crippen MR) is 78.1 cm³/mol. The summed E-state index contributed by atoms with van der Waals surface area (Å²) < 4.78 is 23.1. The van der Waals surface area contributed by atoms with Gasteiger partial charge in [-0.05, 0) is 18.6 Å². The number of rotatable bonds is 8. The topological polar surface area (TPSA) is 84.9 Å². The lowest BCUT2D eigenvalue weighted by Gasteiger charge is -2.13. The molecule has 0 bridgehead atoms. The van der Waals surface area contributed by atoms with Gasteiger partial charge in [-0.1, -0.05) is 6.92 Å². The van der Waals surface area contributed by atoms with Crippen LogP contribution in [-0.4, -0.2) is 36.3 Å². The minimum Gasteiger partial charge on any atom is -0.463 e. The van der Waals surface area contributed by atoms with Crippen LogP contribution in [0.3, 0.4) is 0 Å². The third-order valence-electron chi connectivity index (χ3n) is 2.62. The lowest BCUT2D eigenvalue weighted by atomic mass is 10.2. The van der Waals surface area contributed by atoms with Crippen LogP contribution in [-0.2, 0) is 14.3 Å². The van der Waals surface area contributed by atoms with Crippen molar-refractivity contribution >= 4 is 17.6 Å². The average molecular weight is 313 g/mol. The number of hydrogen-bond donors (Lipinski definition) is 2. The van der Waals surface area contributed by atoms with Crippen molar-refractivity contribution in [3.63, 3.8) is 0 Å². The van der Waals surface area contributed by atoms with Gasteiger partial charge in [-0.2, -0.15) is 0 Å². The van der Waals surface area contributed by atoms with E-state index in [1.54, 1.807) is 0 Å². The molecule has 0 aliphatic rings. The summed E-state index contributed by atoms with van der Waals surface area (Å²) in [5.74, 6) is -1.82. The first-order valence-corrected chi connectivity index (χ1v) is 6.98. The van der Waals surface area contributed by atoms with Crippen LogP contribution in [0.15, 0.2) is 18.2 Å². The van der Waals surface area contributed by atoms with Gasteiger partial charge < -0.3 is 19.9 Å². The van der Waals surface area contributed by atoms with Gasteiger partial charge in [0.1, 0.15) is 12.7 Å². The number of esters is 2. The van der Waals surface area contributed by atoms with Crippen LogP contribution in [0.25, 0.3) is 0 Å². The second-order valence-electron chi connectivity index (χ2n) is 4.71. The Morgan fingerprint density at radius 3 is 2.73 bits per heavy atom. The Morgan fingerprint density at radius 2 is 2.14 bits per heavy atom. The summed E-state index contributed by atoms with van der Waals surface area (Å²) in [7, 11) is 0. The molecule has 0 radical (unpaired) electrons. The summed E-state index contributed by atoms with van der Waals surface area (Å²) in [6.45, 7) is 3.00.